The van der Waals surface area contributed by atoms with Gasteiger partial charge in [-0.2, -0.15) is 0 Å². The Hall–Kier alpha value is -2.04. The molecule has 1 aromatic carbocycles. The van der Waals surface area contributed by atoms with Gasteiger partial charge in [-0.15, -0.1) is 0 Å². The highest BCUT2D eigenvalue weighted by molar-refractivity contribution is 5.95. The van der Waals surface area contributed by atoms with E-state index in [9.17, 15) is 4.79 Å². The number of hydrogen-bond donors (Lipinski definition) is 1. The van der Waals surface area contributed by atoms with Crippen molar-refractivity contribution in [3.05, 3.63) is 29.8 Å². The predicted octanol–water partition coefficient (Wildman–Crippen LogP) is 2.66. The van der Waals surface area contributed by atoms with Crippen LogP contribution in [0.3, 0.4) is 0 Å². The number of carbonyl (C=O) groups excluding carboxylic acids is 1. The summed E-state index contributed by atoms with van der Waals surface area (Å²) in [7, 11) is 1.84. The second kappa shape index (κ2) is 8.37. The van der Waals surface area contributed by atoms with E-state index in [1.807, 2.05) is 24.1 Å². The zero-order valence-corrected chi connectivity index (χ0v) is 15.5. The molecule has 25 heavy (non-hydrogen) atoms. The molecule has 1 aromatic rings. The molecular formula is C20H30N4O. The lowest BCUT2D eigenvalue weighted by Gasteiger charge is -2.32. The molecule has 5 heteroatoms. The van der Waals surface area contributed by atoms with Crippen molar-refractivity contribution in [2.45, 2.75) is 39.0 Å². The van der Waals surface area contributed by atoms with Crippen LogP contribution in [0.2, 0.25) is 0 Å². The van der Waals surface area contributed by atoms with E-state index < -0.39 is 0 Å². The first-order valence-electron chi connectivity index (χ1n) is 9.53. The van der Waals surface area contributed by atoms with Gasteiger partial charge in [0.2, 0.25) is 5.91 Å². The van der Waals surface area contributed by atoms with Crippen LogP contribution in [0.15, 0.2) is 29.3 Å². The van der Waals surface area contributed by atoms with Crippen LogP contribution < -0.4 is 10.2 Å². The number of likely N-dealkylation sites (tertiary alicyclic amines) is 1. The van der Waals surface area contributed by atoms with Crippen molar-refractivity contribution in [2.75, 3.05) is 38.1 Å². The molecule has 0 aliphatic carbocycles. The number of guanidine groups is 1. The van der Waals surface area contributed by atoms with Crippen LogP contribution >= 0.6 is 0 Å². The van der Waals surface area contributed by atoms with Gasteiger partial charge in [0.1, 0.15) is 0 Å². The maximum absolute atomic E-state index is 12.5. The zero-order chi connectivity index (χ0) is 17.6. The van der Waals surface area contributed by atoms with Crippen LogP contribution in [0.5, 0.6) is 0 Å². The summed E-state index contributed by atoms with van der Waals surface area (Å²) in [5.74, 6) is 2.02. The molecule has 1 amide bonds. The van der Waals surface area contributed by atoms with E-state index in [0.717, 1.165) is 56.6 Å². The van der Waals surface area contributed by atoms with E-state index in [2.05, 4.69) is 34.3 Å². The molecule has 3 rings (SSSR count). The van der Waals surface area contributed by atoms with Gasteiger partial charge in [-0.25, -0.2) is 0 Å². The Balaban J connectivity index is 1.42. The normalized spacial score (nSPS) is 18.4. The summed E-state index contributed by atoms with van der Waals surface area (Å²) in [5.41, 5.74) is 2.38. The molecule has 1 N–H and O–H groups in total. The van der Waals surface area contributed by atoms with Gasteiger partial charge in [0.25, 0.3) is 0 Å². The highest BCUT2D eigenvalue weighted by atomic mass is 16.2. The molecule has 0 bridgehead atoms. The van der Waals surface area contributed by atoms with Crippen LogP contribution in [-0.4, -0.2) is 50.0 Å². The standard InChI is InChI=1S/C20H30N4O/c1-16-9-13-23(14-10-16)20(21-2)22-12-5-8-19(25)24-15-11-17-6-3-4-7-18(17)24/h3-4,6-7,16H,5,8-15H2,1-2H3,(H,21,22). The van der Waals surface area contributed by atoms with Crippen molar-refractivity contribution in [1.82, 2.24) is 10.2 Å². The molecule has 0 saturated carbocycles. The second-order valence-corrected chi connectivity index (χ2v) is 7.17. The summed E-state index contributed by atoms with van der Waals surface area (Å²) >= 11 is 0. The number of fused-ring (bicyclic) bond motifs is 1. The van der Waals surface area contributed by atoms with Crippen molar-refractivity contribution in [3.63, 3.8) is 0 Å². The van der Waals surface area contributed by atoms with E-state index in [4.69, 9.17) is 0 Å². The van der Waals surface area contributed by atoms with E-state index in [0.29, 0.717) is 6.42 Å². The first kappa shape index (κ1) is 17.8. The Kier molecular flexibility index (Phi) is 5.95. The van der Waals surface area contributed by atoms with Gasteiger partial charge in [0.05, 0.1) is 0 Å². The molecule has 0 spiro atoms. The Morgan fingerprint density at radius 1 is 1.24 bits per heavy atom. The molecule has 136 valence electrons. The number of piperidine rings is 1. The summed E-state index contributed by atoms with van der Waals surface area (Å²) in [6, 6.07) is 8.23. The predicted molar refractivity (Wildman–Crippen MR) is 103 cm³/mol. The monoisotopic (exact) mass is 342 g/mol. The molecular weight excluding hydrogens is 312 g/mol. The van der Waals surface area contributed by atoms with Crippen molar-refractivity contribution >= 4 is 17.6 Å². The molecule has 5 nitrogen and oxygen atoms in total. The summed E-state index contributed by atoms with van der Waals surface area (Å²) in [6.07, 6.45) is 4.84. The molecule has 2 aliphatic rings. The maximum Gasteiger partial charge on any atom is 0.227 e. The first-order chi connectivity index (χ1) is 12.2. The van der Waals surface area contributed by atoms with Gasteiger partial charge in [0, 0.05) is 45.3 Å². The number of carbonyl (C=O) groups is 1. The van der Waals surface area contributed by atoms with Crippen LogP contribution in [0.1, 0.15) is 38.2 Å². The lowest BCUT2D eigenvalue weighted by Crippen LogP contribution is -2.45. The van der Waals surface area contributed by atoms with Crippen molar-refractivity contribution in [1.29, 1.82) is 0 Å². The highest BCUT2D eigenvalue weighted by Gasteiger charge is 2.23. The smallest absolute Gasteiger partial charge is 0.227 e. The second-order valence-electron chi connectivity index (χ2n) is 7.17. The Bertz CT molecular complexity index is 620. The van der Waals surface area contributed by atoms with Gasteiger partial charge >= 0.3 is 0 Å². The summed E-state index contributed by atoms with van der Waals surface area (Å²) in [4.78, 5) is 21.2. The van der Waals surface area contributed by atoms with Gasteiger partial charge in [0.15, 0.2) is 5.96 Å². The first-order valence-corrected chi connectivity index (χ1v) is 9.53. The third-order valence-electron chi connectivity index (χ3n) is 5.33. The molecule has 0 radical (unpaired) electrons. The maximum atomic E-state index is 12.5. The Morgan fingerprint density at radius 3 is 2.76 bits per heavy atom. The fraction of sp³-hybridized carbons (Fsp3) is 0.600. The average Bonchev–Trinajstić information content (AvgIpc) is 3.07. The quantitative estimate of drug-likeness (QED) is 0.520. The van der Waals surface area contributed by atoms with Crippen molar-refractivity contribution < 1.29 is 4.79 Å². The van der Waals surface area contributed by atoms with Gasteiger partial charge < -0.3 is 15.1 Å². The molecule has 0 aromatic heterocycles. The molecule has 2 aliphatic heterocycles. The number of nitrogens with zero attached hydrogens (tertiary/aromatic N) is 3. The number of rotatable bonds is 4. The molecule has 2 heterocycles. The van der Waals surface area contributed by atoms with Gasteiger partial charge in [-0.1, -0.05) is 25.1 Å². The number of aliphatic imine (C=N–C) groups is 1. The number of amides is 1. The number of anilines is 1. The largest absolute Gasteiger partial charge is 0.356 e. The molecule has 1 fully saturated rings. The summed E-state index contributed by atoms with van der Waals surface area (Å²) in [6.45, 7) is 6.07. The van der Waals surface area contributed by atoms with E-state index in [1.54, 1.807) is 0 Å². The summed E-state index contributed by atoms with van der Waals surface area (Å²) < 4.78 is 0. The SMILES string of the molecule is CN=C(NCCCC(=O)N1CCc2ccccc21)N1CCC(C)CC1. The minimum atomic E-state index is 0.230. The molecule has 0 unspecified atom stereocenters. The van der Waals surface area contributed by atoms with Crippen LogP contribution in [-0.2, 0) is 11.2 Å². The van der Waals surface area contributed by atoms with Gasteiger partial charge in [-0.05, 0) is 43.2 Å². The van der Waals surface area contributed by atoms with Crippen LogP contribution in [0.25, 0.3) is 0 Å². The van der Waals surface area contributed by atoms with Crippen molar-refractivity contribution in [3.8, 4) is 0 Å². The minimum Gasteiger partial charge on any atom is -0.356 e. The molecule has 0 atom stereocenters. The third-order valence-corrected chi connectivity index (χ3v) is 5.33. The molecule has 1 saturated heterocycles. The number of para-hydroxylation sites is 1. The highest BCUT2D eigenvalue weighted by Crippen LogP contribution is 2.28. The topological polar surface area (TPSA) is 47.9 Å². The lowest BCUT2D eigenvalue weighted by atomic mass is 10.00. The Morgan fingerprint density at radius 2 is 2.00 bits per heavy atom. The lowest BCUT2D eigenvalue weighted by molar-refractivity contribution is -0.118. The fourth-order valence-corrected chi connectivity index (χ4v) is 3.72. The van der Waals surface area contributed by atoms with Gasteiger partial charge in [-0.3, -0.25) is 9.79 Å². The average molecular weight is 342 g/mol. The number of hydrogen-bond acceptors (Lipinski definition) is 2. The van der Waals surface area contributed by atoms with Crippen LogP contribution in [0.4, 0.5) is 5.69 Å². The number of nitrogens with one attached hydrogen (secondary N) is 1. The van der Waals surface area contributed by atoms with E-state index >= 15 is 0 Å². The minimum absolute atomic E-state index is 0.230. The summed E-state index contributed by atoms with van der Waals surface area (Å²) in [5, 5.41) is 3.42. The third kappa shape index (κ3) is 4.33. The Labute approximate surface area is 151 Å². The zero-order valence-electron chi connectivity index (χ0n) is 15.5. The van der Waals surface area contributed by atoms with Crippen molar-refractivity contribution in [2.24, 2.45) is 10.9 Å². The fourth-order valence-electron chi connectivity index (χ4n) is 3.72. The number of benzene rings is 1. The van der Waals surface area contributed by atoms with E-state index in [1.165, 1.54) is 18.4 Å². The van der Waals surface area contributed by atoms with Crippen LogP contribution in [0, 0.1) is 5.92 Å². The van der Waals surface area contributed by atoms with E-state index in [-0.39, 0.29) is 5.91 Å².